The number of rotatable bonds is 5. The second kappa shape index (κ2) is 20.8. The quantitative estimate of drug-likeness (QED) is 0.127. The third-order valence-corrected chi connectivity index (χ3v) is 19.5. The third-order valence-electron chi connectivity index (χ3n) is 19.5. The second-order valence-corrected chi connectivity index (χ2v) is 32.4. The lowest BCUT2D eigenvalue weighted by atomic mass is 9.33. The molecule has 0 radical (unpaired) electrons. The molecule has 1 aromatic heterocycles. The summed E-state index contributed by atoms with van der Waals surface area (Å²) in [7, 11) is 0. The maximum Gasteiger partial charge on any atom is 0.252 e. The van der Waals surface area contributed by atoms with Crippen LogP contribution in [0.15, 0.2) is 194 Å². The Morgan fingerprint density at radius 3 is 0.879 bits per heavy atom. The molecule has 0 fully saturated rings. The van der Waals surface area contributed by atoms with Crippen molar-refractivity contribution in [3.8, 4) is 34.2 Å². The van der Waals surface area contributed by atoms with Crippen LogP contribution in [0.25, 0.3) is 77.3 Å². The van der Waals surface area contributed by atoms with E-state index in [-0.39, 0.29) is 39.2 Å². The summed E-state index contributed by atoms with van der Waals surface area (Å²) in [5.74, 6) is 1.91. The van der Waals surface area contributed by atoms with Gasteiger partial charge >= 0.3 is 0 Å². The number of hydrogen-bond acceptors (Lipinski definition) is 5. The van der Waals surface area contributed by atoms with Crippen molar-refractivity contribution in [2.24, 2.45) is 0 Å². The first kappa shape index (κ1) is 59.7. The Morgan fingerprint density at radius 1 is 0.275 bits per heavy atom. The van der Waals surface area contributed by atoms with Crippen LogP contribution in [0.1, 0.15) is 158 Å². The number of hydrogen-bond donors (Lipinski definition) is 0. The lowest BCUT2D eigenvalue weighted by Crippen LogP contribution is -2.61. The molecule has 0 unspecified atom stereocenters. The predicted molar refractivity (Wildman–Crippen MR) is 392 cm³/mol. The largest absolute Gasteiger partial charge is 0.311 e. The summed E-state index contributed by atoms with van der Waals surface area (Å²) in [5.41, 5.74) is 20.2. The van der Waals surface area contributed by atoms with Gasteiger partial charge in [-0.1, -0.05) is 234 Å². The highest BCUT2D eigenvalue weighted by molar-refractivity contribution is 7.00. The van der Waals surface area contributed by atoms with Gasteiger partial charge in [0.2, 0.25) is 0 Å². The molecule has 0 amide bonds. The molecule has 5 nitrogen and oxygen atoms in total. The molecule has 0 spiro atoms. The molecule has 0 saturated heterocycles. The van der Waals surface area contributed by atoms with Crippen LogP contribution in [0.5, 0.6) is 0 Å². The molecule has 2 aliphatic rings. The van der Waals surface area contributed by atoms with Crippen molar-refractivity contribution >= 4 is 100 Å². The second-order valence-electron chi connectivity index (χ2n) is 32.4. The van der Waals surface area contributed by atoms with Crippen LogP contribution in [-0.2, 0) is 32.5 Å². The van der Waals surface area contributed by atoms with Crippen molar-refractivity contribution in [1.82, 2.24) is 15.0 Å². The minimum Gasteiger partial charge on any atom is -0.311 e. The molecule has 2 aliphatic heterocycles. The average molecular weight is 1190 g/mol. The molecule has 12 aromatic rings. The van der Waals surface area contributed by atoms with E-state index in [1.54, 1.807) is 0 Å². The maximum atomic E-state index is 5.82. The topological polar surface area (TPSA) is 45.2 Å². The van der Waals surface area contributed by atoms with Gasteiger partial charge in [0, 0.05) is 61.6 Å². The summed E-state index contributed by atoms with van der Waals surface area (Å²) < 4.78 is 0. The van der Waals surface area contributed by atoms with E-state index in [1.165, 1.54) is 104 Å². The Balaban J connectivity index is 1.16. The minimum absolute atomic E-state index is 0.0524. The van der Waals surface area contributed by atoms with Crippen LogP contribution in [0.3, 0.4) is 0 Å². The van der Waals surface area contributed by atoms with Crippen LogP contribution in [0.2, 0.25) is 0 Å². The molecule has 0 bridgehead atoms. The molecule has 3 heterocycles. The molecule has 91 heavy (non-hydrogen) atoms. The smallest absolute Gasteiger partial charge is 0.252 e. The fraction of sp³-hybridized carbons (Fsp3) is 0.282. The maximum absolute atomic E-state index is 5.82. The number of fused-ring (bicyclic) bond motifs is 10. The summed E-state index contributed by atoms with van der Waals surface area (Å²) >= 11 is 0. The van der Waals surface area contributed by atoms with Crippen molar-refractivity contribution in [3.63, 3.8) is 0 Å². The standard InChI is InChI=1S/C85H86BN5/c1-80(2,3)60-29-33-66(34-30-60)90-72-47-59(79-88-77(57-41-62(82(7,8)9)49-63(42-57)83(10,11)12)87-78(89-79)58-43-64(84(13,14)15)50-65(44-58)85(16,17)18)48-73-74(72)86(70-37-27-55-39-51-23-19-21-25-53(51)45-68(55)75(70)90)71-38-28-56-40-52-24-20-22-26-54(52)46-69(56)76(71)91(73)67-35-31-61(32-36-67)81(4,5)6/h19-50H,1-18H3. The summed E-state index contributed by atoms with van der Waals surface area (Å²) in [4.78, 5) is 22.5. The van der Waals surface area contributed by atoms with Crippen LogP contribution in [0, 0.1) is 0 Å². The zero-order valence-corrected chi connectivity index (χ0v) is 56.8. The lowest BCUT2D eigenvalue weighted by molar-refractivity contribution is 0.568. The molecule has 454 valence electrons. The van der Waals surface area contributed by atoms with E-state index in [4.69, 9.17) is 15.0 Å². The monoisotopic (exact) mass is 1190 g/mol. The third kappa shape index (κ3) is 10.6. The van der Waals surface area contributed by atoms with Gasteiger partial charge in [0.05, 0.1) is 0 Å². The van der Waals surface area contributed by atoms with Gasteiger partial charge in [0.15, 0.2) is 17.5 Å². The molecule has 11 aromatic carbocycles. The van der Waals surface area contributed by atoms with Gasteiger partial charge in [-0.15, -0.1) is 0 Å². The fourth-order valence-electron chi connectivity index (χ4n) is 13.9. The van der Waals surface area contributed by atoms with Crippen LogP contribution in [-0.4, -0.2) is 21.7 Å². The Morgan fingerprint density at radius 2 is 0.571 bits per heavy atom. The first-order valence-electron chi connectivity index (χ1n) is 32.8. The molecule has 0 saturated carbocycles. The average Bonchev–Trinajstić information content (AvgIpc) is 0.687. The Hall–Kier alpha value is -8.87. The summed E-state index contributed by atoms with van der Waals surface area (Å²) in [5, 5.41) is 9.65. The fourth-order valence-corrected chi connectivity index (χ4v) is 13.9. The van der Waals surface area contributed by atoms with Crippen LogP contribution >= 0.6 is 0 Å². The van der Waals surface area contributed by atoms with Gasteiger partial charge in [0.1, 0.15) is 0 Å². The SMILES string of the molecule is CC(C)(C)c1ccc(N2c3cc(-c4nc(-c5cc(C(C)(C)C)cc(C(C)(C)C)c5)nc(-c5cc(C(C)(C)C)cc(C(C)(C)C)c5)n4)cc4c3B(c3ccc5cc6ccccc6cc5c32)c2ccc3cc5ccccc5cc3c2N4c2ccc(C(C)(C)C)cc2)cc1. The van der Waals surface area contributed by atoms with Gasteiger partial charge in [-0.25, -0.2) is 15.0 Å². The highest BCUT2D eigenvalue weighted by Crippen LogP contribution is 2.51. The Bertz CT molecular complexity index is 4560. The number of anilines is 6. The van der Waals surface area contributed by atoms with E-state index in [2.05, 4.69) is 329 Å². The summed E-state index contributed by atoms with van der Waals surface area (Å²) in [6, 6.07) is 74.6. The van der Waals surface area contributed by atoms with E-state index in [1.807, 2.05) is 0 Å². The minimum atomic E-state index is -0.164. The first-order valence-corrected chi connectivity index (χ1v) is 32.8. The van der Waals surface area contributed by atoms with Gasteiger partial charge in [0.25, 0.3) is 6.71 Å². The molecular weight excluding hydrogens is 1100 g/mol. The van der Waals surface area contributed by atoms with Gasteiger partial charge < -0.3 is 9.80 Å². The van der Waals surface area contributed by atoms with E-state index in [9.17, 15) is 0 Å². The van der Waals surface area contributed by atoms with Gasteiger partial charge in [-0.3, -0.25) is 0 Å². The van der Waals surface area contributed by atoms with E-state index < -0.39 is 0 Å². The highest BCUT2D eigenvalue weighted by Gasteiger charge is 2.45. The van der Waals surface area contributed by atoms with Crippen molar-refractivity contribution in [1.29, 1.82) is 0 Å². The van der Waals surface area contributed by atoms with Gasteiger partial charge in [-0.2, -0.15) is 0 Å². The summed E-state index contributed by atoms with van der Waals surface area (Å²) in [6.07, 6.45) is 0. The number of benzene rings is 11. The molecular formula is C85H86BN5. The molecule has 6 heteroatoms. The zero-order chi connectivity index (χ0) is 64.2. The van der Waals surface area contributed by atoms with Crippen molar-refractivity contribution < 1.29 is 0 Å². The van der Waals surface area contributed by atoms with Crippen molar-refractivity contribution in [2.75, 3.05) is 9.80 Å². The van der Waals surface area contributed by atoms with Crippen LogP contribution < -0.4 is 26.2 Å². The van der Waals surface area contributed by atoms with E-state index >= 15 is 0 Å². The van der Waals surface area contributed by atoms with Crippen molar-refractivity contribution in [3.05, 3.63) is 228 Å². The van der Waals surface area contributed by atoms with Crippen LogP contribution in [0.4, 0.5) is 34.1 Å². The molecule has 0 atom stereocenters. The van der Waals surface area contributed by atoms with E-state index in [0.29, 0.717) is 17.5 Å². The first-order chi connectivity index (χ1) is 42.8. The zero-order valence-electron chi connectivity index (χ0n) is 56.8. The number of nitrogens with zero attached hydrogens (tertiary/aromatic N) is 5. The van der Waals surface area contributed by atoms with Gasteiger partial charge in [-0.05, 0) is 200 Å². The predicted octanol–water partition coefficient (Wildman–Crippen LogP) is 21.4. The number of aromatic nitrogens is 3. The Kier molecular flexibility index (Phi) is 13.7. The molecule has 0 aliphatic carbocycles. The normalized spacial score (nSPS) is 13.8. The highest BCUT2D eigenvalue weighted by atomic mass is 15.2. The lowest BCUT2D eigenvalue weighted by Gasteiger charge is -2.45. The molecule has 0 N–H and O–H groups in total. The van der Waals surface area contributed by atoms with Crippen molar-refractivity contribution in [2.45, 2.75) is 157 Å². The summed E-state index contributed by atoms with van der Waals surface area (Å²) in [6.45, 7) is 41.3. The van der Waals surface area contributed by atoms with E-state index in [0.717, 1.165) is 39.4 Å². The Labute approximate surface area is 540 Å². The molecule has 14 rings (SSSR count).